The third-order valence-electron chi connectivity index (χ3n) is 3.47. The Bertz CT molecular complexity index is 648. The van der Waals surface area contributed by atoms with Crippen molar-refractivity contribution in [1.29, 1.82) is 0 Å². The summed E-state index contributed by atoms with van der Waals surface area (Å²) in [6.45, 7) is 5.65. The Morgan fingerprint density at radius 3 is 2.50 bits per heavy atom. The number of ether oxygens (including phenoxy) is 1. The first-order valence-electron chi connectivity index (χ1n) is 8.43. The van der Waals surface area contributed by atoms with Crippen LogP contribution in [0.15, 0.2) is 18.2 Å². The van der Waals surface area contributed by atoms with E-state index in [0.717, 1.165) is 0 Å². The summed E-state index contributed by atoms with van der Waals surface area (Å²) in [5, 5.41) is 14.4. The van der Waals surface area contributed by atoms with Crippen molar-refractivity contribution in [3.63, 3.8) is 0 Å². The SMILES string of the molecule is CCOc1c(Cl)cccc1CC(=O)NCC(=O)N[C@@H](CC(C)C)C(=O)O. The van der Waals surface area contributed by atoms with Crippen LogP contribution in [-0.2, 0) is 20.8 Å². The second-order valence-corrected chi connectivity index (χ2v) is 6.61. The lowest BCUT2D eigenvalue weighted by Gasteiger charge is -2.16. The molecular weight excluding hydrogens is 360 g/mol. The summed E-state index contributed by atoms with van der Waals surface area (Å²) in [5.74, 6) is -1.48. The Morgan fingerprint density at radius 1 is 1.23 bits per heavy atom. The van der Waals surface area contributed by atoms with Gasteiger partial charge < -0.3 is 20.5 Å². The summed E-state index contributed by atoms with van der Waals surface area (Å²) in [5.41, 5.74) is 0.612. The number of carboxylic acid groups (broad SMARTS) is 1. The van der Waals surface area contributed by atoms with Gasteiger partial charge >= 0.3 is 5.97 Å². The second-order valence-electron chi connectivity index (χ2n) is 6.20. The van der Waals surface area contributed by atoms with Gasteiger partial charge in [-0.05, 0) is 25.3 Å². The molecule has 0 aliphatic carbocycles. The molecule has 1 atom stereocenters. The van der Waals surface area contributed by atoms with Gasteiger partial charge in [-0.1, -0.05) is 37.6 Å². The zero-order valence-electron chi connectivity index (χ0n) is 15.2. The molecular formula is C18H25ClN2O5. The molecule has 0 aromatic heterocycles. The maximum atomic E-state index is 12.1. The third kappa shape index (κ3) is 7.31. The van der Waals surface area contributed by atoms with Gasteiger partial charge in [0.15, 0.2) is 0 Å². The van der Waals surface area contributed by atoms with E-state index in [1.54, 1.807) is 18.2 Å². The molecule has 0 unspecified atom stereocenters. The molecule has 0 aliphatic rings. The van der Waals surface area contributed by atoms with Crippen molar-refractivity contribution in [2.24, 2.45) is 5.92 Å². The summed E-state index contributed by atoms with van der Waals surface area (Å²) < 4.78 is 5.45. The minimum Gasteiger partial charge on any atom is -0.492 e. The van der Waals surface area contributed by atoms with Gasteiger partial charge in [0.2, 0.25) is 11.8 Å². The third-order valence-corrected chi connectivity index (χ3v) is 3.77. The number of aliphatic carboxylic acids is 1. The first-order valence-corrected chi connectivity index (χ1v) is 8.81. The van der Waals surface area contributed by atoms with Gasteiger partial charge in [0.25, 0.3) is 0 Å². The van der Waals surface area contributed by atoms with Crippen LogP contribution in [0.2, 0.25) is 5.02 Å². The molecule has 8 heteroatoms. The average Bonchev–Trinajstić information content (AvgIpc) is 2.55. The predicted octanol–water partition coefficient (Wildman–Crippen LogP) is 2.01. The number of carbonyl (C=O) groups excluding carboxylic acids is 2. The summed E-state index contributed by atoms with van der Waals surface area (Å²) in [6.07, 6.45) is 0.312. The molecule has 0 spiro atoms. The number of benzene rings is 1. The van der Waals surface area contributed by atoms with E-state index in [-0.39, 0.29) is 24.8 Å². The summed E-state index contributed by atoms with van der Waals surface area (Å²) in [4.78, 5) is 35.1. The molecule has 7 nitrogen and oxygen atoms in total. The number of carbonyl (C=O) groups is 3. The number of hydrogen-bond acceptors (Lipinski definition) is 4. The van der Waals surface area contributed by atoms with Gasteiger partial charge in [0.05, 0.1) is 24.6 Å². The quantitative estimate of drug-likeness (QED) is 0.572. The van der Waals surface area contributed by atoms with E-state index in [9.17, 15) is 14.4 Å². The van der Waals surface area contributed by atoms with Crippen LogP contribution in [0.4, 0.5) is 0 Å². The standard InChI is InChI=1S/C18H25ClN2O5/c1-4-26-17-12(6-5-7-13(17)19)9-15(22)20-10-16(23)21-14(18(24)25)8-11(2)3/h5-7,11,14H,4,8-10H2,1-3H3,(H,20,22)(H,21,23)(H,24,25)/t14-/m0/s1. The molecule has 0 fully saturated rings. The fourth-order valence-corrected chi connectivity index (χ4v) is 2.60. The Balaban J connectivity index is 2.58. The zero-order chi connectivity index (χ0) is 19.7. The van der Waals surface area contributed by atoms with E-state index in [2.05, 4.69) is 10.6 Å². The highest BCUT2D eigenvalue weighted by Crippen LogP contribution is 2.28. The van der Waals surface area contributed by atoms with E-state index >= 15 is 0 Å². The minimum absolute atomic E-state index is 0.00245. The maximum absolute atomic E-state index is 12.1. The average molecular weight is 385 g/mol. The molecule has 1 aromatic carbocycles. The van der Waals surface area contributed by atoms with Crippen LogP contribution in [0.1, 0.15) is 32.8 Å². The topological polar surface area (TPSA) is 105 Å². The monoisotopic (exact) mass is 384 g/mol. The summed E-state index contributed by atoms with van der Waals surface area (Å²) >= 11 is 6.07. The molecule has 0 saturated carbocycles. The molecule has 1 aromatic rings. The first-order chi connectivity index (χ1) is 12.2. The Hall–Kier alpha value is -2.28. The molecule has 0 saturated heterocycles. The van der Waals surface area contributed by atoms with Gasteiger partial charge in [-0.15, -0.1) is 0 Å². The zero-order valence-corrected chi connectivity index (χ0v) is 15.9. The van der Waals surface area contributed by atoms with Crippen LogP contribution in [-0.4, -0.2) is 42.1 Å². The summed E-state index contributed by atoms with van der Waals surface area (Å²) in [6, 6.07) is 4.13. The number of halogens is 1. The minimum atomic E-state index is -1.10. The Morgan fingerprint density at radius 2 is 1.92 bits per heavy atom. The second kappa shape index (κ2) is 10.7. The van der Waals surface area contributed by atoms with Gasteiger partial charge in [-0.25, -0.2) is 4.79 Å². The fourth-order valence-electron chi connectivity index (χ4n) is 2.35. The highest BCUT2D eigenvalue weighted by atomic mass is 35.5. The van der Waals surface area contributed by atoms with Crippen molar-refractivity contribution >= 4 is 29.4 Å². The lowest BCUT2D eigenvalue weighted by atomic mass is 10.0. The lowest BCUT2D eigenvalue weighted by molar-refractivity contribution is -0.142. The molecule has 0 bridgehead atoms. The van der Waals surface area contributed by atoms with E-state index in [0.29, 0.717) is 29.4 Å². The van der Waals surface area contributed by atoms with Crippen LogP contribution in [0.3, 0.4) is 0 Å². The number of para-hydroxylation sites is 1. The molecule has 26 heavy (non-hydrogen) atoms. The van der Waals surface area contributed by atoms with Crippen LogP contribution >= 0.6 is 11.6 Å². The van der Waals surface area contributed by atoms with Crippen molar-refractivity contribution in [2.45, 2.75) is 39.7 Å². The van der Waals surface area contributed by atoms with E-state index in [1.807, 2.05) is 20.8 Å². The number of nitrogens with one attached hydrogen (secondary N) is 2. The predicted molar refractivity (Wildman–Crippen MR) is 98.4 cm³/mol. The van der Waals surface area contributed by atoms with Gasteiger partial charge in [-0.2, -0.15) is 0 Å². The van der Waals surface area contributed by atoms with Crippen molar-refractivity contribution in [2.75, 3.05) is 13.2 Å². The van der Waals surface area contributed by atoms with Crippen molar-refractivity contribution < 1.29 is 24.2 Å². The molecule has 144 valence electrons. The Kier molecular flexibility index (Phi) is 8.92. The number of amides is 2. The molecule has 3 N–H and O–H groups in total. The Labute approximate surface area is 158 Å². The van der Waals surface area contributed by atoms with E-state index in [4.69, 9.17) is 21.4 Å². The van der Waals surface area contributed by atoms with Crippen LogP contribution in [0.5, 0.6) is 5.75 Å². The van der Waals surface area contributed by atoms with E-state index in [1.165, 1.54) is 0 Å². The van der Waals surface area contributed by atoms with Crippen molar-refractivity contribution in [1.82, 2.24) is 10.6 Å². The molecule has 1 rings (SSSR count). The largest absolute Gasteiger partial charge is 0.492 e. The maximum Gasteiger partial charge on any atom is 0.326 e. The molecule has 0 aliphatic heterocycles. The smallest absolute Gasteiger partial charge is 0.326 e. The number of carboxylic acids is 1. The highest BCUT2D eigenvalue weighted by molar-refractivity contribution is 6.32. The van der Waals surface area contributed by atoms with Crippen molar-refractivity contribution in [3.8, 4) is 5.75 Å². The van der Waals surface area contributed by atoms with Crippen molar-refractivity contribution in [3.05, 3.63) is 28.8 Å². The molecule has 0 radical (unpaired) electrons. The highest BCUT2D eigenvalue weighted by Gasteiger charge is 2.21. The van der Waals surface area contributed by atoms with E-state index < -0.39 is 17.9 Å². The van der Waals surface area contributed by atoms with Gasteiger partial charge in [0.1, 0.15) is 11.8 Å². The van der Waals surface area contributed by atoms with Gasteiger partial charge in [0, 0.05) is 5.56 Å². The molecule has 2 amide bonds. The van der Waals surface area contributed by atoms with Crippen LogP contribution in [0, 0.1) is 5.92 Å². The fraction of sp³-hybridized carbons (Fsp3) is 0.500. The number of hydrogen-bond donors (Lipinski definition) is 3. The normalized spacial score (nSPS) is 11.7. The lowest BCUT2D eigenvalue weighted by Crippen LogP contribution is -2.46. The summed E-state index contributed by atoms with van der Waals surface area (Å²) in [7, 11) is 0. The molecule has 0 heterocycles. The number of rotatable bonds is 10. The van der Waals surface area contributed by atoms with Crippen LogP contribution < -0.4 is 15.4 Å². The first kappa shape index (κ1) is 21.8. The van der Waals surface area contributed by atoms with Crippen LogP contribution in [0.25, 0.3) is 0 Å². The van der Waals surface area contributed by atoms with Gasteiger partial charge in [-0.3, -0.25) is 9.59 Å².